The van der Waals surface area contributed by atoms with E-state index in [0.29, 0.717) is 12.5 Å². The molecule has 1 aromatic carbocycles. The third-order valence-electron chi connectivity index (χ3n) is 3.47. The van der Waals surface area contributed by atoms with E-state index in [-0.39, 0.29) is 0 Å². The van der Waals surface area contributed by atoms with Gasteiger partial charge in [0.1, 0.15) is 5.76 Å². The van der Waals surface area contributed by atoms with Gasteiger partial charge in [-0.3, -0.25) is 0 Å². The van der Waals surface area contributed by atoms with Gasteiger partial charge in [-0.25, -0.2) is 4.98 Å². The standard InChI is InChI=1S/C16H22N2O/c1-12(15-7-5-4-6-8-15)9-10-17-11-16-18-13(2)14(3)19-16/h4-8,12,17H,9-11H2,1-3H3. The molecule has 0 aliphatic rings. The minimum atomic E-state index is 0.571. The molecule has 102 valence electrons. The number of hydrogen-bond donors (Lipinski definition) is 1. The van der Waals surface area contributed by atoms with Crippen LogP contribution in [0, 0.1) is 13.8 Å². The van der Waals surface area contributed by atoms with Gasteiger partial charge in [-0.15, -0.1) is 0 Å². The van der Waals surface area contributed by atoms with E-state index < -0.39 is 0 Å². The first kappa shape index (κ1) is 13.8. The number of benzene rings is 1. The number of hydrogen-bond acceptors (Lipinski definition) is 3. The van der Waals surface area contributed by atoms with Gasteiger partial charge in [-0.2, -0.15) is 0 Å². The van der Waals surface area contributed by atoms with Crippen LogP contribution in [0.4, 0.5) is 0 Å². The van der Waals surface area contributed by atoms with E-state index in [1.165, 1.54) is 5.56 Å². The predicted molar refractivity (Wildman–Crippen MR) is 77.2 cm³/mol. The average Bonchev–Trinajstić information content (AvgIpc) is 2.74. The molecule has 1 aromatic heterocycles. The summed E-state index contributed by atoms with van der Waals surface area (Å²) in [6.45, 7) is 7.85. The fourth-order valence-corrected chi connectivity index (χ4v) is 2.08. The number of nitrogens with zero attached hydrogens (tertiary/aromatic N) is 1. The Hall–Kier alpha value is -1.61. The second-order valence-electron chi connectivity index (χ2n) is 5.03. The minimum absolute atomic E-state index is 0.571. The van der Waals surface area contributed by atoms with E-state index in [9.17, 15) is 0 Å². The van der Waals surface area contributed by atoms with Gasteiger partial charge in [-0.05, 0) is 38.3 Å². The van der Waals surface area contributed by atoms with Crippen molar-refractivity contribution in [2.45, 2.75) is 39.7 Å². The first-order valence-corrected chi connectivity index (χ1v) is 6.85. The summed E-state index contributed by atoms with van der Waals surface area (Å²) < 4.78 is 5.53. The molecule has 2 rings (SSSR count). The van der Waals surface area contributed by atoms with E-state index >= 15 is 0 Å². The zero-order valence-corrected chi connectivity index (χ0v) is 11.9. The highest BCUT2D eigenvalue weighted by Crippen LogP contribution is 2.17. The van der Waals surface area contributed by atoms with Crippen molar-refractivity contribution in [1.82, 2.24) is 10.3 Å². The molecule has 0 saturated carbocycles. The molecule has 3 heteroatoms. The summed E-state index contributed by atoms with van der Waals surface area (Å²) in [5.74, 6) is 2.26. The van der Waals surface area contributed by atoms with Crippen molar-refractivity contribution >= 4 is 0 Å². The molecule has 1 N–H and O–H groups in total. The molecule has 0 fully saturated rings. The monoisotopic (exact) mass is 258 g/mol. The minimum Gasteiger partial charge on any atom is -0.444 e. The Morgan fingerprint density at radius 1 is 1.21 bits per heavy atom. The summed E-state index contributed by atoms with van der Waals surface area (Å²) in [5.41, 5.74) is 2.38. The SMILES string of the molecule is Cc1nc(CNCCC(C)c2ccccc2)oc1C. The fraction of sp³-hybridized carbons (Fsp3) is 0.438. The molecule has 1 atom stereocenters. The van der Waals surface area contributed by atoms with Crippen LogP contribution >= 0.6 is 0 Å². The zero-order chi connectivity index (χ0) is 13.7. The molecule has 0 aliphatic carbocycles. The lowest BCUT2D eigenvalue weighted by atomic mass is 9.98. The smallest absolute Gasteiger partial charge is 0.208 e. The van der Waals surface area contributed by atoms with Gasteiger partial charge in [0.25, 0.3) is 0 Å². The Labute approximate surface area is 115 Å². The van der Waals surface area contributed by atoms with E-state index in [1.807, 2.05) is 13.8 Å². The average molecular weight is 258 g/mol. The van der Waals surface area contributed by atoms with Gasteiger partial charge in [0, 0.05) is 0 Å². The number of aryl methyl sites for hydroxylation is 2. The van der Waals surface area contributed by atoms with Crippen molar-refractivity contribution in [3.8, 4) is 0 Å². The van der Waals surface area contributed by atoms with Crippen molar-refractivity contribution in [3.63, 3.8) is 0 Å². The second-order valence-corrected chi connectivity index (χ2v) is 5.03. The van der Waals surface area contributed by atoms with Crippen LogP contribution in [0.15, 0.2) is 34.7 Å². The molecule has 0 bridgehead atoms. The summed E-state index contributed by atoms with van der Waals surface area (Å²) in [6.07, 6.45) is 1.11. The van der Waals surface area contributed by atoms with E-state index in [1.54, 1.807) is 0 Å². The van der Waals surface area contributed by atoms with Gasteiger partial charge < -0.3 is 9.73 Å². The molecule has 0 radical (unpaired) electrons. The third kappa shape index (κ3) is 3.93. The molecule has 0 saturated heterocycles. The third-order valence-corrected chi connectivity index (χ3v) is 3.47. The maximum absolute atomic E-state index is 5.53. The first-order chi connectivity index (χ1) is 9.16. The molecular formula is C16H22N2O. The second kappa shape index (κ2) is 6.53. The Bertz CT molecular complexity index is 485. The van der Waals surface area contributed by atoms with Gasteiger partial charge in [-0.1, -0.05) is 37.3 Å². The number of aromatic nitrogens is 1. The molecule has 1 unspecified atom stereocenters. The number of oxazole rings is 1. The van der Waals surface area contributed by atoms with E-state index in [0.717, 1.165) is 30.3 Å². The van der Waals surface area contributed by atoms with Crippen LogP contribution in [0.25, 0.3) is 0 Å². The lowest BCUT2D eigenvalue weighted by Gasteiger charge is -2.11. The van der Waals surface area contributed by atoms with Gasteiger partial charge in [0.05, 0.1) is 12.2 Å². The Morgan fingerprint density at radius 3 is 2.58 bits per heavy atom. The van der Waals surface area contributed by atoms with Crippen LogP contribution in [0.2, 0.25) is 0 Å². The van der Waals surface area contributed by atoms with E-state index in [4.69, 9.17) is 4.42 Å². The van der Waals surface area contributed by atoms with Crippen LogP contribution < -0.4 is 5.32 Å². The van der Waals surface area contributed by atoms with Crippen molar-refractivity contribution in [2.75, 3.05) is 6.54 Å². The summed E-state index contributed by atoms with van der Waals surface area (Å²) in [4.78, 5) is 4.36. The Balaban J connectivity index is 1.72. The molecule has 0 aliphatic heterocycles. The largest absolute Gasteiger partial charge is 0.444 e. The van der Waals surface area contributed by atoms with Gasteiger partial charge >= 0.3 is 0 Å². The lowest BCUT2D eigenvalue weighted by molar-refractivity contribution is 0.444. The molecule has 19 heavy (non-hydrogen) atoms. The van der Waals surface area contributed by atoms with Crippen molar-refractivity contribution in [1.29, 1.82) is 0 Å². The Kier molecular flexibility index (Phi) is 4.74. The van der Waals surface area contributed by atoms with Gasteiger partial charge in [0.15, 0.2) is 0 Å². The number of rotatable bonds is 6. The van der Waals surface area contributed by atoms with Crippen molar-refractivity contribution < 1.29 is 4.42 Å². The molecular weight excluding hydrogens is 236 g/mol. The molecule has 0 spiro atoms. The molecule has 1 heterocycles. The molecule has 0 amide bonds. The lowest BCUT2D eigenvalue weighted by Crippen LogP contribution is -2.16. The van der Waals surface area contributed by atoms with Crippen LogP contribution in [-0.2, 0) is 6.54 Å². The molecule has 2 aromatic rings. The highest BCUT2D eigenvalue weighted by Gasteiger charge is 2.06. The van der Waals surface area contributed by atoms with Crippen molar-refractivity contribution in [2.24, 2.45) is 0 Å². The van der Waals surface area contributed by atoms with Gasteiger partial charge in [0.2, 0.25) is 5.89 Å². The highest BCUT2D eigenvalue weighted by atomic mass is 16.4. The topological polar surface area (TPSA) is 38.1 Å². The number of nitrogens with one attached hydrogen (secondary N) is 1. The normalized spacial score (nSPS) is 12.6. The van der Waals surface area contributed by atoms with E-state index in [2.05, 4.69) is 47.6 Å². The first-order valence-electron chi connectivity index (χ1n) is 6.85. The van der Waals surface area contributed by atoms with Crippen LogP contribution in [0.5, 0.6) is 0 Å². The maximum Gasteiger partial charge on any atom is 0.208 e. The van der Waals surface area contributed by atoms with Crippen molar-refractivity contribution in [3.05, 3.63) is 53.2 Å². The zero-order valence-electron chi connectivity index (χ0n) is 11.9. The predicted octanol–water partition coefficient (Wildman–Crippen LogP) is 3.57. The van der Waals surface area contributed by atoms with Crippen LogP contribution in [0.1, 0.15) is 42.2 Å². The summed E-state index contributed by atoms with van der Waals surface area (Å²) in [5, 5.41) is 3.39. The summed E-state index contributed by atoms with van der Waals surface area (Å²) in [7, 11) is 0. The summed E-state index contributed by atoms with van der Waals surface area (Å²) >= 11 is 0. The quantitative estimate of drug-likeness (QED) is 0.805. The van der Waals surface area contributed by atoms with Crippen LogP contribution in [-0.4, -0.2) is 11.5 Å². The van der Waals surface area contributed by atoms with Crippen LogP contribution in [0.3, 0.4) is 0 Å². The Morgan fingerprint density at radius 2 is 1.95 bits per heavy atom. The molecule has 3 nitrogen and oxygen atoms in total. The maximum atomic E-state index is 5.53. The fourth-order valence-electron chi connectivity index (χ4n) is 2.08. The summed E-state index contributed by atoms with van der Waals surface area (Å²) in [6, 6.07) is 10.6. The highest BCUT2D eigenvalue weighted by molar-refractivity contribution is 5.18.